The summed E-state index contributed by atoms with van der Waals surface area (Å²) in [6.07, 6.45) is 0. The molecule has 1 aromatic carbocycles. The summed E-state index contributed by atoms with van der Waals surface area (Å²) in [5.74, 6) is -2.40. The largest absolute Gasteiger partial charge is 0.322 e. The summed E-state index contributed by atoms with van der Waals surface area (Å²) < 4.78 is 27.5. The van der Waals surface area contributed by atoms with Crippen LogP contribution in [0.1, 0.15) is 18.8 Å². The molecule has 7 nitrogen and oxygen atoms in total. The first-order valence-electron chi connectivity index (χ1n) is 5.22. The van der Waals surface area contributed by atoms with Gasteiger partial charge in [-0.3, -0.25) is 15.2 Å². The molecule has 0 bridgehead atoms. The van der Waals surface area contributed by atoms with E-state index in [1.807, 2.05) is 0 Å². The molecule has 0 aliphatic rings. The molecular weight excluding hydrogens is 260 g/mol. The molecular formula is C10H9F2N5O2. The molecule has 1 unspecified atom stereocenters. The number of nitro groups is 1. The standard InChI is InChI=1S/C10H9F2N5O2/c1-4(13)9-14-10(16-15-9)7-5(11)2-3-6(8(7)12)17(18)19/h2-4H,13H2,1H3,(H,14,15,16). The van der Waals surface area contributed by atoms with Crippen molar-refractivity contribution in [1.82, 2.24) is 15.2 Å². The second kappa shape index (κ2) is 4.69. The van der Waals surface area contributed by atoms with Crippen LogP contribution in [0.5, 0.6) is 0 Å². The van der Waals surface area contributed by atoms with Crippen LogP contribution in [0.3, 0.4) is 0 Å². The van der Waals surface area contributed by atoms with E-state index in [0.717, 1.165) is 12.1 Å². The summed E-state index contributed by atoms with van der Waals surface area (Å²) in [6.45, 7) is 1.60. The summed E-state index contributed by atoms with van der Waals surface area (Å²) in [4.78, 5) is 13.5. The molecule has 0 saturated carbocycles. The number of aromatic amines is 1. The van der Waals surface area contributed by atoms with Crippen LogP contribution in [0.4, 0.5) is 14.5 Å². The molecule has 0 amide bonds. The first-order chi connectivity index (χ1) is 8.91. The third-order valence-corrected chi connectivity index (χ3v) is 2.43. The average molecular weight is 269 g/mol. The van der Waals surface area contributed by atoms with Gasteiger partial charge in [0.1, 0.15) is 11.6 Å². The normalized spacial score (nSPS) is 12.4. The Balaban J connectivity index is 2.60. The molecule has 0 spiro atoms. The number of nitrogens with one attached hydrogen (secondary N) is 1. The van der Waals surface area contributed by atoms with Gasteiger partial charge in [0.25, 0.3) is 0 Å². The molecule has 0 aliphatic heterocycles. The highest BCUT2D eigenvalue weighted by Crippen LogP contribution is 2.29. The van der Waals surface area contributed by atoms with Crippen LogP contribution in [-0.2, 0) is 0 Å². The van der Waals surface area contributed by atoms with Gasteiger partial charge in [-0.2, -0.15) is 9.49 Å². The minimum Gasteiger partial charge on any atom is -0.322 e. The molecule has 0 fully saturated rings. The lowest BCUT2D eigenvalue weighted by atomic mass is 10.1. The SMILES string of the molecule is CC(N)c1nc(-c2c(F)ccc([N+](=O)[O-])c2F)n[nH]1. The van der Waals surface area contributed by atoms with Crippen LogP contribution in [0.2, 0.25) is 0 Å². The van der Waals surface area contributed by atoms with Gasteiger partial charge in [-0.15, -0.1) is 0 Å². The highest BCUT2D eigenvalue weighted by Gasteiger charge is 2.25. The van der Waals surface area contributed by atoms with E-state index in [1.54, 1.807) is 6.92 Å². The van der Waals surface area contributed by atoms with Crippen molar-refractivity contribution in [3.8, 4) is 11.4 Å². The molecule has 0 saturated heterocycles. The van der Waals surface area contributed by atoms with Crippen molar-refractivity contribution < 1.29 is 13.7 Å². The third kappa shape index (κ3) is 2.27. The van der Waals surface area contributed by atoms with Crippen LogP contribution < -0.4 is 5.73 Å². The number of hydrogen-bond donors (Lipinski definition) is 2. The number of nitro benzene ring substituents is 1. The number of benzene rings is 1. The molecule has 1 heterocycles. The van der Waals surface area contributed by atoms with E-state index >= 15 is 0 Å². The smallest absolute Gasteiger partial charge is 0.305 e. The van der Waals surface area contributed by atoms with E-state index in [4.69, 9.17) is 5.73 Å². The Hall–Kier alpha value is -2.42. The Morgan fingerprint density at radius 2 is 2.16 bits per heavy atom. The molecule has 3 N–H and O–H groups in total. The summed E-state index contributed by atoms with van der Waals surface area (Å²) in [5, 5.41) is 16.6. The molecule has 100 valence electrons. The van der Waals surface area contributed by atoms with Gasteiger partial charge in [0.15, 0.2) is 5.82 Å². The quantitative estimate of drug-likeness (QED) is 0.650. The van der Waals surface area contributed by atoms with E-state index in [9.17, 15) is 18.9 Å². The molecule has 0 radical (unpaired) electrons. The molecule has 2 rings (SSSR count). The first kappa shape index (κ1) is 13.0. The van der Waals surface area contributed by atoms with Crippen LogP contribution in [0.25, 0.3) is 11.4 Å². The Bertz CT molecular complexity index is 641. The van der Waals surface area contributed by atoms with Crippen molar-refractivity contribution in [3.63, 3.8) is 0 Å². The van der Waals surface area contributed by atoms with Gasteiger partial charge in [-0.05, 0) is 13.0 Å². The minimum atomic E-state index is -1.32. The Kier molecular flexibility index (Phi) is 3.21. The van der Waals surface area contributed by atoms with E-state index in [1.165, 1.54) is 0 Å². The maximum atomic E-state index is 13.9. The second-order valence-corrected chi connectivity index (χ2v) is 3.85. The van der Waals surface area contributed by atoms with Crippen LogP contribution in [-0.4, -0.2) is 20.1 Å². The number of aromatic nitrogens is 3. The third-order valence-electron chi connectivity index (χ3n) is 2.43. The zero-order valence-corrected chi connectivity index (χ0v) is 9.72. The van der Waals surface area contributed by atoms with Crippen molar-refractivity contribution >= 4 is 5.69 Å². The monoisotopic (exact) mass is 269 g/mol. The molecule has 9 heteroatoms. The van der Waals surface area contributed by atoms with Crippen molar-refractivity contribution in [2.24, 2.45) is 5.73 Å². The number of halogens is 2. The van der Waals surface area contributed by atoms with E-state index in [2.05, 4.69) is 15.2 Å². The van der Waals surface area contributed by atoms with E-state index in [0.29, 0.717) is 0 Å². The number of hydrogen-bond acceptors (Lipinski definition) is 5. The topological polar surface area (TPSA) is 111 Å². The zero-order valence-electron chi connectivity index (χ0n) is 9.72. The van der Waals surface area contributed by atoms with Crippen molar-refractivity contribution in [2.45, 2.75) is 13.0 Å². The van der Waals surface area contributed by atoms with Crippen molar-refractivity contribution in [3.05, 3.63) is 39.7 Å². The lowest BCUT2D eigenvalue weighted by molar-refractivity contribution is -0.387. The summed E-state index contributed by atoms with van der Waals surface area (Å²) in [5.41, 5.74) is 4.03. The van der Waals surface area contributed by atoms with Gasteiger partial charge in [0.2, 0.25) is 5.82 Å². The number of nitrogens with zero attached hydrogens (tertiary/aromatic N) is 3. The van der Waals surface area contributed by atoms with Gasteiger partial charge in [0.05, 0.1) is 16.5 Å². The Morgan fingerprint density at radius 3 is 2.68 bits per heavy atom. The van der Waals surface area contributed by atoms with E-state index < -0.39 is 33.9 Å². The van der Waals surface area contributed by atoms with Crippen LogP contribution >= 0.6 is 0 Å². The zero-order chi connectivity index (χ0) is 14.2. The van der Waals surface area contributed by atoms with Gasteiger partial charge < -0.3 is 5.73 Å². The molecule has 0 aliphatic carbocycles. The van der Waals surface area contributed by atoms with Crippen LogP contribution in [0, 0.1) is 21.7 Å². The highest BCUT2D eigenvalue weighted by molar-refractivity contribution is 5.61. The molecule has 19 heavy (non-hydrogen) atoms. The molecule has 1 aromatic heterocycles. The lowest BCUT2D eigenvalue weighted by Crippen LogP contribution is -2.06. The fourth-order valence-corrected chi connectivity index (χ4v) is 1.48. The van der Waals surface area contributed by atoms with E-state index in [-0.39, 0.29) is 11.6 Å². The van der Waals surface area contributed by atoms with Gasteiger partial charge >= 0.3 is 5.69 Å². The fraction of sp³-hybridized carbons (Fsp3) is 0.200. The molecule has 1 atom stereocenters. The molecule has 2 aromatic rings. The maximum absolute atomic E-state index is 13.9. The number of H-pyrrole nitrogens is 1. The van der Waals surface area contributed by atoms with Gasteiger partial charge in [-0.1, -0.05) is 0 Å². The van der Waals surface area contributed by atoms with Gasteiger partial charge in [0, 0.05) is 6.07 Å². The number of rotatable bonds is 3. The Morgan fingerprint density at radius 1 is 1.47 bits per heavy atom. The summed E-state index contributed by atoms with van der Waals surface area (Å²) in [6, 6.07) is 1.03. The predicted octanol–water partition coefficient (Wildman–Crippen LogP) is 1.68. The first-order valence-corrected chi connectivity index (χ1v) is 5.22. The summed E-state index contributed by atoms with van der Waals surface area (Å²) in [7, 11) is 0. The van der Waals surface area contributed by atoms with Crippen molar-refractivity contribution in [1.29, 1.82) is 0 Å². The fourth-order valence-electron chi connectivity index (χ4n) is 1.48. The van der Waals surface area contributed by atoms with Crippen LogP contribution in [0.15, 0.2) is 12.1 Å². The maximum Gasteiger partial charge on any atom is 0.305 e. The summed E-state index contributed by atoms with van der Waals surface area (Å²) >= 11 is 0. The predicted molar refractivity (Wildman–Crippen MR) is 61.0 cm³/mol. The Labute approximate surface area is 105 Å². The highest BCUT2D eigenvalue weighted by atomic mass is 19.1. The number of nitrogens with two attached hydrogens (primary N) is 1. The minimum absolute atomic E-state index is 0.223. The average Bonchev–Trinajstić information content (AvgIpc) is 2.78. The lowest BCUT2D eigenvalue weighted by Gasteiger charge is -2.01. The van der Waals surface area contributed by atoms with Crippen molar-refractivity contribution in [2.75, 3.05) is 0 Å². The second-order valence-electron chi connectivity index (χ2n) is 3.85. The van der Waals surface area contributed by atoms with Gasteiger partial charge in [-0.25, -0.2) is 9.37 Å².